The first-order valence-electron chi connectivity index (χ1n) is 20.4. The van der Waals surface area contributed by atoms with Crippen molar-refractivity contribution >= 4 is 46.1 Å². The number of methoxy groups -OCH3 is 8. The zero-order valence-corrected chi connectivity index (χ0v) is 40.8. The van der Waals surface area contributed by atoms with Gasteiger partial charge in [0.25, 0.3) is 0 Å². The number of hydrogen-bond acceptors (Lipinski definition) is 10. The van der Waals surface area contributed by atoms with Gasteiger partial charge in [0.05, 0.1) is 56.9 Å². The third kappa shape index (κ3) is 8.04. The van der Waals surface area contributed by atoms with Gasteiger partial charge in [0.15, 0.2) is 14.3 Å². The number of hydrogen-bond donors (Lipinski definition) is 0. The molecule has 0 N–H and O–H groups in total. The van der Waals surface area contributed by atoms with Crippen LogP contribution in [0.15, 0.2) is 78.9 Å². The van der Waals surface area contributed by atoms with E-state index in [1.165, 1.54) is 0 Å². The minimum absolute atomic E-state index is 0.317. The highest BCUT2D eigenvalue weighted by Gasteiger charge is 2.42. The van der Waals surface area contributed by atoms with Crippen LogP contribution < -0.4 is 69.7 Å². The van der Waals surface area contributed by atoms with Gasteiger partial charge >= 0.3 is 0 Å². The van der Waals surface area contributed by atoms with Crippen molar-refractivity contribution in [3.05, 3.63) is 118 Å². The minimum Gasteiger partial charge on any atom is -0.497 e. The molecule has 12 heteroatoms. The van der Waals surface area contributed by atoms with Crippen LogP contribution >= 0.6 is 14.3 Å². The second-order valence-electron chi connectivity index (χ2n) is 15.7. The van der Waals surface area contributed by atoms with Gasteiger partial charge in [0.1, 0.15) is 46.0 Å². The summed E-state index contributed by atoms with van der Waals surface area (Å²) in [4.78, 5) is 0. The second kappa shape index (κ2) is 18.5. The zero-order chi connectivity index (χ0) is 46.1. The summed E-state index contributed by atoms with van der Waals surface area (Å²) in [6.07, 6.45) is 0. The normalized spacial score (nSPS) is 12.3. The molecule has 1 unspecified atom stereocenters. The lowest BCUT2D eigenvalue weighted by molar-refractivity contribution is 0.392. The van der Waals surface area contributed by atoms with Crippen LogP contribution in [0, 0.1) is 48.5 Å². The number of rotatable bonds is 15. The summed E-state index contributed by atoms with van der Waals surface area (Å²) in [5, 5.41) is 2.90. The largest absolute Gasteiger partial charge is 0.497 e. The molecule has 0 saturated carbocycles. The first-order valence-corrected chi connectivity index (χ1v) is 23.8. The molecule has 0 bridgehead atoms. The van der Waals surface area contributed by atoms with Crippen LogP contribution in [0.5, 0.6) is 46.0 Å². The van der Waals surface area contributed by atoms with Crippen LogP contribution in [0.25, 0.3) is 11.1 Å². The van der Waals surface area contributed by atoms with E-state index in [0.29, 0.717) is 89.0 Å². The van der Waals surface area contributed by atoms with Gasteiger partial charge < -0.3 is 47.0 Å². The van der Waals surface area contributed by atoms with E-state index >= 15 is 9.13 Å². The Labute approximate surface area is 372 Å². The van der Waals surface area contributed by atoms with E-state index in [1.807, 2.05) is 103 Å². The SMILES string of the molecule is COc1cc(OC)c(-c2c(OC)cc(OC)cc2P(=O)(c2cc(C)c(OC)c(C)c2)c2cc(C)c(OC)c(C)c2)c(P(=O)(c2ccc(OC)c(C)c2)c2cc(C)c(OC)c(C)c2)c1. The highest BCUT2D eigenvalue weighted by atomic mass is 31.2. The number of ether oxygens (including phenoxy) is 8. The van der Waals surface area contributed by atoms with Crippen LogP contribution in [-0.2, 0) is 9.13 Å². The molecule has 0 radical (unpaired) electrons. The lowest BCUT2D eigenvalue weighted by atomic mass is 10.0. The molecule has 0 aromatic heterocycles. The van der Waals surface area contributed by atoms with E-state index in [1.54, 1.807) is 81.1 Å². The maximum atomic E-state index is 17.3. The van der Waals surface area contributed by atoms with Crippen molar-refractivity contribution < 1.29 is 47.0 Å². The topological polar surface area (TPSA) is 108 Å². The Morgan fingerprint density at radius 3 is 0.889 bits per heavy atom. The Balaban J connectivity index is 1.92. The predicted molar refractivity (Wildman–Crippen MR) is 256 cm³/mol. The highest BCUT2D eigenvalue weighted by molar-refractivity contribution is 7.86. The Hall–Kier alpha value is -5.82. The predicted octanol–water partition coefficient (Wildman–Crippen LogP) is 8.86. The van der Waals surface area contributed by atoms with Crippen LogP contribution in [0.3, 0.4) is 0 Å². The molecule has 0 aliphatic heterocycles. The third-order valence-corrected chi connectivity index (χ3v) is 17.8. The monoisotopic (exact) mass is 892 g/mol. The molecule has 332 valence electrons. The molecule has 10 nitrogen and oxygen atoms in total. The molecule has 0 spiro atoms. The average Bonchev–Trinajstić information content (AvgIpc) is 3.27. The van der Waals surface area contributed by atoms with Crippen molar-refractivity contribution in [3.8, 4) is 57.1 Å². The standard InChI is InChI=1S/C51H58O10P2/c1-29-18-38(16-17-42(29)56-10)62(52,39-19-30(2)49(59-13)31(3)20-39)45-27-36(54-8)25-43(57-11)47(45)48-44(58-12)26-37(55-9)28-46(48)63(53,40-21-32(4)50(60-14)33(5)22-40)41-23-34(6)51(61-15)35(7)24-41/h16-28H,1-15H3. The van der Waals surface area contributed by atoms with Crippen molar-refractivity contribution in [1.82, 2.24) is 0 Å². The summed E-state index contributed by atoms with van der Waals surface area (Å²) in [6.45, 7) is 13.5. The summed E-state index contributed by atoms with van der Waals surface area (Å²) in [5.41, 5.74) is 6.42. The summed E-state index contributed by atoms with van der Waals surface area (Å²) >= 11 is 0. The fourth-order valence-corrected chi connectivity index (χ4v) is 15.2. The molecule has 6 aromatic rings. The van der Waals surface area contributed by atoms with Gasteiger partial charge in [-0.3, -0.25) is 0 Å². The summed E-state index contributed by atoms with van der Waals surface area (Å²) in [7, 11) is 4.68. The molecule has 0 aliphatic rings. The van der Waals surface area contributed by atoms with E-state index in [0.717, 1.165) is 38.9 Å². The Morgan fingerprint density at radius 2 is 0.619 bits per heavy atom. The average molecular weight is 893 g/mol. The molecular formula is C51H58O10P2. The van der Waals surface area contributed by atoms with E-state index < -0.39 is 14.3 Å². The van der Waals surface area contributed by atoms with Crippen LogP contribution in [0.2, 0.25) is 0 Å². The third-order valence-electron chi connectivity index (χ3n) is 11.7. The first kappa shape index (κ1) is 46.7. The summed E-state index contributed by atoms with van der Waals surface area (Å²) in [6, 6.07) is 24.1. The highest BCUT2D eigenvalue weighted by Crippen LogP contribution is 2.55. The van der Waals surface area contributed by atoms with Gasteiger partial charge in [-0.05, 0) is 154 Å². The Kier molecular flexibility index (Phi) is 13.7. The van der Waals surface area contributed by atoms with Crippen molar-refractivity contribution in [3.63, 3.8) is 0 Å². The molecule has 0 fully saturated rings. The summed E-state index contributed by atoms with van der Waals surface area (Å²) < 4.78 is 82.2. The van der Waals surface area contributed by atoms with Gasteiger partial charge in [-0.25, -0.2) is 0 Å². The Morgan fingerprint density at radius 1 is 0.317 bits per heavy atom. The molecule has 1 atom stereocenters. The lowest BCUT2D eigenvalue weighted by Crippen LogP contribution is -2.31. The van der Waals surface area contributed by atoms with Gasteiger partial charge in [-0.2, -0.15) is 0 Å². The first-order chi connectivity index (χ1) is 30.0. The van der Waals surface area contributed by atoms with E-state index in [4.69, 9.17) is 37.9 Å². The number of aryl methyl sites for hydroxylation is 7. The summed E-state index contributed by atoms with van der Waals surface area (Å²) in [5.74, 6) is 4.15. The number of benzene rings is 6. The van der Waals surface area contributed by atoms with Gasteiger partial charge in [0, 0.05) is 55.1 Å². The maximum absolute atomic E-state index is 17.3. The fourth-order valence-electron chi connectivity index (χ4n) is 8.92. The molecule has 0 saturated heterocycles. The van der Waals surface area contributed by atoms with E-state index in [-0.39, 0.29) is 0 Å². The van der Waals surface area contributed by atoms with Crippen molar-refractivity contribution in [2.75, 3.05) is 56.9 Å². The maximum Gasteiger partial charge on any atom is 0.171 e. The molecular weight excluding hydrogens is 834 g/mol. The molecule has 0 amide bonds. The smallest absolute Gasteiger partial charge is 0.171 e. The molecule has 0 heterocycles. The zero-order valence-electron chi connectivity index (χ0n) is 39.0. The van der Waals surface area contributed by atoms with Crippen LogP contribution in [0.4, 0.5) is 0 Å². The van der Waals surface area contributed by atoms with E-state index in [2.05, 4.69) is 0 Å². The van der Waals surface area contributed by atoms with Gasteiger partial charge in [-0.15, -0.1) is 0 Å². The molecule has 0 aliphatic carbocycles. The fraction of sp³-hybridized carbons (Fsp3) is 0.294. The molecule has 6 rings (SSSR count). The minimum atomic E-state index is -4.02. The van der Waals surface area contributed by atoms with Crippen LogP contribution in [-0.4, -0.2) is 56.9 Å². The van der Waals surface area contributed by atoms with Crippen LogP contribution in [0.1, 0.15) is 38.9 Å². The Bertz CT molecular complexity index is 2690. The van der Waals surface area contributed by atoms with Crippen molar-refractivity contribution in [2.45, 2.75) is 48.5 Å². The van der Waals surface area contributed by atoms with E-state index in [9.17, 15) is 0 Å². The lowest BCUT2D eigenvalue weighted by Gasteiger charge is -2.30. The van der Waals surface area contributed by atoms with Gasteiger partial charge in [-0.1, -0.05) is 0 Å². The van der Waals surface area contributed by atoms with Gasteiger partial charge in [0.2, 0.25) is 0 Å². The van der Waals surface area contributed by atoms with Crippen molar-refractivity contribution in [2.24, 2.45) is 0 Å². The second-order valence-corrected chi connectivity index (χ2v) is 21.1. The quantitative estimate of drug-likeness (QED) is 0.0929. The molecule has 63 heavy (non-hydrogen) atoms. The molecule has 6 aromatic carbocycles. The van der Waals surface area contributed by atoms with Crippen molar-refractivity contribution in [1.29, 1.82) is 0 Å².